The van der Waals surface area contributed by atoms with E-state index in [9.17, 15) is 0 Å². The molecule has 0 aliphatic carbocycles. The Morgan fingerprint density at radius 2 is 2.28 bits per heavy atom. The first kappa shape index (κ1) is 13.2. The molecule has 0 spiro atoms. The SMILES string of the molecule is CNCc1ccc(COCCc2cccs2)nc1. The van der Waals surface area contributed by atoms with Crippen molar-refractivity contribution in [1.82, 2.24) is 10.3 Å². The summed E-state index contributed by atoms with van der Waals surface area (Å²) in [6.07, 6.45) is 2.88. The summed E-state index contributed by atoms with van der Waals surface area (Å²) in [5.41, 5.74) is 2.18. The second kappa shape index (κ2) is 7.26. The van der Waals surface area contributed by atoms with Crippen molar-refractivity contribution in [2.24, 2.45) is 0 Å². The molecule has 2 heterocycles. The van der Waals surface area contributed by atoms with E-state index in [1.54, 1.807) is 11.3 Å². The predicted molar refractivity (Wildman–Crippen MR) is 74.7 cm³/mol. The molecule has 0 unspecified atom stereocenters. The minimum atomic E-state index is 0.589. The van der Waals surface area contributed by atoms with Crippen molar-refractivity contribution < 1.29 is 4.74 Å². The average molecular weight is 262 g/mol. The molecule has 2 aromatic heterocycles. The van der Waals surface area contributed by atoms with Crippen LogP contribution < -0.4 is 5.32 Å². The van der Waals surface area contributed by atoms with Gasteiger partial charge in [0.05, 0.1) is 18.9 Å². The van der Waals surface area contributed by atoms with E-state index in [2.05, 4.69) is 33.9 Å². The Morgan fingerprint density at radius 1 is 1.33 bits per heavy atom. The van der Waals surface area contributed by atoms with Crippen LogP contribution in [0.15, 0.2) is 35.8 Å². The molecule has 1 N–H and O–H groups in total. The molecule has 18 heavy (non-hydrogen) atoms. The number of nitrogens with zero attached hydrogens (tertiary/aromatic N) is 1. The number of hydrogen-bond donors (Lipinski definition) is 1. The van der Waals surface area contributed by atoms with Gasteiger partial charge < -0.3 is 10.1 Å². The van der Waals surface area contributed by atoms with Crippen LogP contribution in [0.4, 0.5) is 0 Å². The third kappa shape index (κ3) is 4.22. The Labute approximate surface area is 112 Å². The lowest BCUT2D eigenvalue weighted by Crippen LogP contribution is -2.06. The summed E-state index contributed by atoms with van der Waals surface area (Å²) in [6.45, 7) is 2.19. The molecule has 0 atom stereocenters. The van der Waals surface area contributed by atoms with Crippen LogP contribution in [0.1, 0.15) is 16.1 Å². The molecule has 0 saturated carbocycles. The maximum Gasteiger partial charge on any atom is 0.0887 e. The molecule has 0 radical (unpaired) electrons. The zero-order chi connectivity index (χ0) is 12.6. The smallest absolute Gasteiger partial charge is 0.0887 e. The second-order valence-electron chi connectivity index (χ2n) is 4.07. The highest BCUT2D eigenvalue weighted by atomic mass is 32.1. The van der Waals surface area contributed by atoms with E-state index in [0.29, 0.717) is 6.61 Å². The van der Waals surface area contributed by atoms with Crippen LogP contribution in [0.25, 0.3) is 0 Å². The fourth-order valence-corrected chi connectivity index (χ4v) is 2.34. The van der Waals surface area contributed by atoms with Gasteiger partial charge in [-0.25, -0.2) is 0 Å². The van der Waals surface area contributed by atoms with Gasteiger partial charge in [-0.1, -0.05) is 12.1 Å². The van der Waals surface area contributed by atoms with Crippen LogP contribution in [0.2, 0.25) is 0 Å². The molecular weight excluding hydrogens is 244 g/mol. The van der Waals surface area contributed by atoms with E-state index in [-0.39, 0.29) is 0 Å². The molecule has 0 aliphatic rings. The Kier molecular flexibility index (Phi) is 5.33. The van der Waals surface area contributed by atoms with Crippen LogP contribution in [-0.4, -0.2) is 18.6 Å². The average Bonchev–Trinajstić information content (AvgIpc) is 2.90. The number of thiophene rings is 1. The van der Waals surface area contributed by atoms with E-state index in [4.69, 9.17) is 4.74 Å². The summed E-state index contributed by atoms with van der Waals surface area (Å²) in [5, 5.41) is 5.20. The molecule has 0 aromatic carbocycles. The van der Waals surface area contributed by atoms with Crippen LogP contribution in [0, 0.1) is 0 Å². The monoisotopic (exact) mass is 262 g/mol. The van der Waals surface area contributed by atoms with E-state index in [0.717, 1.165) is 25.3 Å². The van der Waals surface area contributed by atoms with Crippen molar-refractivity contribution in [3.8, 4) is 0 Å². The number of hydrogen-bond acceptors (Lipinski definition) is 4. The minimum Gasteiger partial charge on any atom is -0.375 e. The highest BCUT2D eigenvalue weighted by molar-refractivity contribution is 7.09. The first-order valence-electron chi connectivity index (χ1n) is 6.07. The van der Waals surface area contributed by atoms with Gasteiger partial charge in [-0.05, 0) is 30.1 Å². The van der Waals surface area contributed by atoms with Crippen LogP contribution >= 0.6 is 11.3 Å². The number of aromatic nitrogens is 1. The number of nitrogens with one attached hydrogen (secondary N) is 1. The third-order valence-corrected chi connectivity index (χ3v) is 3.53. The standard InChI is InChI=1S/C14H18N2OS/c1-15-9-12-4-5-13(16-10-12)11-17-7-6-14-3-2-8-18-14/h2-5,8,10,15H,6-7,9,11H2,1H3. The lowest BCUT2D eigenvalue weighted by atomic mass is 10.2. The largest absolute Gasteiger partial charge is 0.375 e. The quantitative estimate of drug-likeness (QED) is 0.779. The molecule has 0 aliphatic heterocycles. The molecular formula is C14H18N2OS. The molecule has 0 bridgehead atoms. The molecule has 0 fully saturated rings. The van der Waals surface area contributed by atoms with Crippen molar-refractivity contribution in [1.29, 1.82) is 0 Å². The van der Waals surface area contributed by atoms with Crippen molar-refractivity contribution >= 4 is 11.3 Å². The van der Waals surface area contributed by atoms with E-state index in [1.165, 1.54) is 10.4 Å². The fraction of sp³-hybridized carbons (Fsp3) is 0.357. The van der Waals surface area contributed by atoms with Gasteiger partial charge in [0.25, 0.3) is 0 Å². The second-order valence-corrected chi connectivity index (χ2v) is 5.10. The van der Waals surface area contributed by atoms with Crippen molar-refractivity contribution in [3.63, 3.8) is 0 Å². The number of ether oxygens (including phenoxy) is 1. The fourth-order valence-electron chi connectivity index (χ4n) is 1.65. The first-order valence-corrected chi connectivity index (χ1v) is 6.95. The Hall–Kier alpha value is -1.23. The summed E-state index contributed by atoms with van der Waals surface area (Å²) < 4.78 is 5.62. The highest BCUT2D eigenvalue weighted by Gasteiger charge is 1.98. The molecule has 2 aromatic rings. The van der Waals surface area contributed by atoms with E-state index in [1.807, 2.05) is 19.3 Å². The molecule has 96 valence electrons. The van der Waals surface area contributed by atoms with Gasteiger partial charge in [0, 0.05) is 24.0 Å². The van der Waals surface area contributed by atoms with Crippen molar-refractivity contribution in [2.75, 3.05) is 13.7 Å². The van der Waals surface area contributed by atoms with E-state index >= 15 is 0 Å². The van der Waals surface area contributed by atoms with Gasteiger partial charge in [0.2, 0.25) is 0 Å². The van der Waals surface area contributed by atoms with Gasteiger partial charge in [-0.15, -0.1) is 11.3 Å². The lowest BCUT2D eigenvalue weighted by Gasteiger charge is -2.04. The lowest BCUT2D eigenvalue weighted by molar-refractivity contribution is 0.121. The van der Waals surface area contributed by atoms with Crippen molar-refractivity contribution in [3.05, 3.63) is 52.0 Å². The maximum absolute atomic E-state index is 5.62. The molecule has 3 nitrogen and oxygen atoms in total. The summed E-state index contributed by atoms with van der Waals surface area (Å²) >= 11 is 1.77. The Bertz CT molecular complexity index is 439. The summed E-state index contributed by atoms with van der Waals surface area (Å²) in [5.74, 6) is 0. The normalized spacial score (nSPS) is 10.7. The van der Waals surface area contributed by atoms with Crippen molar-refractivity contribution in [2.45, 2.75) is 19.6 Å². The van der Waals surface area contributed by atoms with Gasteiger partial charge in [-0.2, -0.15) is 0 Å². The van der Waals surface area contributed by atoms with Gasteiger partial charge >= 0.3 is 0 Å². The van der Waals surface area contributed by atoms with Crippen LogP contribution in [0.3, 0.4) is 0 Å². The van der Waals surface area contributed by atoms with Gasteiger partial charge in [-0.3, -0.25) is 4.98 Å². The summed E-state index contributed by atoms with van der Waals surface area (Å²) in [7, 11) is 1.93. The molecule has 0 saturated heterocycles. The molecule has 2 rings (SSSR count). The number of rotatable bonds is 7. The topological polar surface area (TPSA) is 34.1 Å². The predicted octanol–water partition coefficient (Wildman–Crippen LogP) is 2.62. The van der Waals surface area contributed by atoms with Crippen LogP contribution in [0.5, 0.6) is 0 Å². The third-order valence-electron chi connectivity index (χ3n) is 2.59. The minimum absolute atomic E-state index is 0.589. The highest BCUT2D eigenvalue weighted by Crippen LogP contribution is 2.09. The van der Waals surface area contributed by atoms with Crippen LogP contribution in [-0.2, 0) is 24.3 Å². The molecule has 0 amide bonds. The van der Waals surface area contributed by atoms with Gasteiger partial charge in [0.1, 0.15) is 0 Å². The summed E-state index contributed by atoms with van der Waals surface area (Å²) in [4.78, 5) is 5.74. The summed E-state index contributed by atoms with van der Waals surface area (Å²) in [6, 6.07) is 8.32. The molecule has 4 heteroatoms. The first-order chi connectivity index (χ1) is 8.88. The van der Waals surface area contributed by atoms with Gasteiger partial charge in [0.15, 0.2) is 0 Å². The maximum atomic E-state index is 5.62. The Balaban J connectivity index is 1.69. The van der Waals surface area contributed by atoms with E-state index < -0.39 is 0 Å². The Morgan fingerprint density at radius 3 is 2.94 bits per heavy atom. The number of pyridine rings is 1. The zero-order valence-electron chi connectivity index (χ0n) is 10.6. The zero-order valence-corrected chi connectivity index (χ0v) is 11.4.